The van der Waals surface area contributed by atoms with E-state index in [0.717, 1.165) is 31.2 Å². The number of hydrogen-bond acceptors (Lipinski definition) is 3. The molecule has 0 unspecified atom stereocenters. The number of fused-ring (bicyclic) bond motifs is 1. The largest absolute Gasteiger partial charge is 0.457 e. The maximum Gasteiger partial charge on any atom is 0.248 e. The van der Waals surface area contributed by atoms with Crippen LogP contribution in [0.15, 0.2) is 42.5 Å². The first kappa shape index (κ1) is 17.5. The molecule has 0 aromatic heterocycles. The standard InChI is InChI=1S/C21H26N2O2/c1-15(2)9-11-23-12-10-17-13-20(8-5-18(17)14-23)25-19-6-3-16(4-7-19)21(22)24/h3-8,13,15H,9-12,14H2,1-2H3,(H2,22,24). The van der Waals surface area contributed by atoms with Gasteiger partial charge in [0.1, 0.15) is 11.5 Å². The minimum absolute atomic E-state index is 0.428. The van der Waals surface area contributed by atoms with Gasteiger partial charge >= 0.3 is 0 Å². The molecule has 0 spiro atoms. The van der Waals surface area contributed by atoms with Gasteiger partial charge in [-0.2, -0.15) is 0 Å². The molecule has 1 heterocycles. The molecule has 0 aliphatic carbocycles. The monoisotopic (exact) mass is 338 g/mol. The fraction of sp³-hybridized carbons (Fsp3) is 0.381. The zero-order valence-electron chi connectivity index (χ0n) is 15.0. The van der Waals surface area contributed by atoms with E-state index >= 15 is 0 Å². The highest BCUT2D eigenvalue weighted by Crippen LogP contribution is 2.27. The summed E-state index contributed by atoms with van der Waals surface area (Å²) in [5, 5.41) is 0. The molecule has 25 heavy (non-hydrogen) atoms. The molecule has 1 aliphatic heterocycles. The molecule has 1 amide bonds. The van der Waals surface area contributed by atoms with Crippen LogP contribution >= 0.6 is 0 Å². The maximum atomic E-state index is 11.1. The van der Waals surface area contributed by atoms with Gasteiger partial charge in [-0.15, -0.1) is 0 Å². The van der Waals surface area contributed by atoms with Crippen molar-refractivity contribution in [2.24, 2.45) is 11.7 Å². The Morgan fingerprint density at radius 3 is 2.52 bits per heavy atom. The lowest BCUT2D eigenvalue weighted by Crippen LogP contribution is -2.31. The minimum atomic E-state index is -0.428. The van der Waals surface area contributed by atoms with Crippen LogP contribution in [0.2, 0.25) is 0 Å². The van der Waals surface area contributed by atoms with Crippen LogP contribution in [0.3, 0.4) is 0 Å². The summed E-state index contributed by atoms with van der Waals surface area (Å²) in [7, 11) is 0. The number of rotatable bonds is 6. The SMILES string of the molecule is CC(C)CCN1CCc2cc(Oc3ccc(C(N)=O)cc3)ccc2C1. The fourth-order valence-electron chi connectivity index (χ4n) is 3.11. The molecule has 0 saturated carbocycles. The number of amides is 1. The Hall–Kier alpha value is -2.33. The Morgan fingerprint density at radius 2 is 1.84 bits per heavy atom. The summed E-state index contributed by atoms with van der Waals surface area (Å²) in [5.41, 5.74) is 8.51. The Labute approximate surface area is 149 Å². The van der Waals surface area contributed by atoms with Crippen LogP contribution in [0.5, 0.6) is 11.5 Å². The van der Waals surface area contributed by atoms with Crippen molar-refractivity contribution in [3.8, 4) is 11.5 Å². The quantitative estimate of drug-likeness (QED) is 0.867. The summed E-state index contributed by atoms with van der Waals surface area (Å²) in [6.07, 6.45) is 2.31. The van der Waals surface area contributed by atoms with Gasteiger partial charge in [0.2, 0.25) is 5.91 Å². The summed E-state index contributed by atoms with van der Waals surface area (Å²) < 4.78 is 5.92. The second-order valence-electron chi connectivity index (χ2n) is 7.13. The average molecular weight is 338 g/mol. The van der Waals surface area contributed by atoms with E-state index in [0.29, 0.717) is 11.3 Å². The normalized spacial score (nSPS) is 14.4. The molecule has 2 N–H and O–H groups in total. The lowest BCUT2D eigenvalue weighted by molar-refractivity contribution is 0.100. The summed E-state index contributed by atoms with van der Waals surface area (Å²) in [6, 6.07) is 13.2. The first-order valence-corrected chi connectivity index (χ1v) is 8.93. The summed E-state index contributed by atoms with van der Waals surface area (Å²) in [5.74, 6) is 1.86. The number of nitrogens with two attached hydrogens (primary N) is 1. The highest BCUT2D eigenvalue weighted by atomic mass is 16.5. The predicted molar refractivity (Wildman–Crippen MR) is 99.9 cm³/mol. The first-order chi connectivity index (χ1) is 12.0. The minimum Gasteiger partial charge on any atom is -0.457 e. The number of carbonyl (C=O) groups is 1. The second kappa shape index (κ2) is 7.70. The number of ether oxygens (including phenoxy) is 1. The molecule has 4 nitrogen and oxygen atoms in total. The second-order valence-corrected chi connectivity index (χ2v) is 7.13. The van der Waals surface area contributed by atoms with Crippen LogP contribution in [-0.2, 0) is 13.0 Å². The molecule has 0 fully saturated rings. The van der Waals surface area contributed by atoms with Crippen LogP contribution in [0.1, 0.15) is 41.8 Å². The zero-order valence-corrected chi connectivity index (χ0v) is 15.0. The van der Waals surface area contributed by atoms with E-state index in [1.807, 2.05) is 6.07 Å². The van der Waals surface area contributed by atoms with Crippen molar-refractivity contribution in [1.29, 1.82) is 0 Å². The average Bonchev–Trinajstić information content (AvgIpc) is 2.60. The van der Waals surface area contributed by atoms with Crippen LogP contribution in [0.25, 0.3) is 0 Å². The molecule has 0 bridgehead atoms. The van der Waals surface area contributed by atoms with Gasteiger partial charge in [-0.25, -0.2) is 0 Å². The van der Waals surface area contributed by atoms with Crippen molar-refractivity contribution in [1.82, 2.24) is 4.90 Å². The Kier molecular flexibility index (Phi) is 5.39. The van der Waals surface area contributed by atoms with Crippen LogP contribution in [0, 0.1) is 5.92 Å². The third-order valence-electron chi connectivity index (χ3n) is 4.67. The molecule has 3 rings (SSSR count). The van der Waals surface area contributed by atoms with Gasteiger partial charge in [0.15, 0.2) is 0 Å². The number of benzene rings is 2. The summed E-state index contributed by atoms with van der Waals surface area (Å²) in [4.78, 5) is 13.7. The van der Waals surface area contributed by atoms with Gasteiger partial charge in [-0.05, 0) is 72.8 Å². The third-order valence-corrected chi connectivity index (χ3v) is 4.67. The molecule has 132 valence electrons. The third kappa shape index (κ3) is 4.60. The summed E-state index contributed by atoms with van der Waals surface area (Å²) >= 11 is 0. The van der Waals surface area contributed by atoms with E-state index in [9.17, 15) is 4.79 Å². The predicted octanol–water partition coefficient (Wildman–Crippen LogP) is 3.98. The number of carbonyl (C=O) groups excluding carboxylic acids is 1. The van der Waals surface area contributed by atoms with Crippen molar-refractivity contribution in [3.05, 3.63) is 59.2 Å². The van der Waals surface area contributed by atoms with Crippen molar-refractivity contribution in [3.63, 3.8) is 0 Å². The molecule has 2 aromatic rings. The Balaban J connectivity index is 1.65. The highest BCUT2D eigenvalue weighted by Gasteiger charge is 2.17. The van der Waals surface area contributed by atoms with Gasteiger partial charge in [0, 0.05) is 18.7 Å². The van der Waals surface area contributed by atoms with E-state index in [4.69, 9.17) is 10.5 Å². The summed E-state index contributed by atoms with van der Waals surface area (Å²) in [6.45, 7) is 7.85. The molecule has 4 heteroatoms. The molecule has 0 saturated heterocycles. The van der Waals surface area contributed by atoms with Gasteiger partial charge < -0.3 is 10.5 Å². The molecule has 1 aliphatic rings. The lowest BCUT2D eigenvalue weighted by Gasteiger charge is -2.29. The molecular weight excluding hydrogens is 312 g/mol. The van der Waals surface area contributed by atoms with Gasteiger partial charge in [0.05, 0.1) is 0 Å². The van der Waals surface area contributed by atoms with Crippen molar-refractivity contribution in [2.45, 2.75) is 33.2 Å². The molecule has 0 atom stereocenters. The Bertz CT molecular complexity index is 738. The zero-order chi connectivity index (χ0) is 17.8. The lowest BCUT2D eigenvalue weighted by atomic mass is 9.99. The number of hydrogen-bond donors (Lipinski definition) is 1. The molecule has 0 radical (unpaired) electrons. The van der Waals surface area contributed by atoms with Crippen LogP contribution in [0.4, 0.5) is 0 Å². The van der Waals surface area contributed by atoms with Crippen LogP contribution < -0.4 is 10.5 Å². The van der Waals surface area contributed by atoms with Gasteiger partial charge in [-0.3, -0.25) is 9.69 Å². The van der Waals surface area contributed by atoms with Crippen molar-refractivity contribution < 1.29 is 9.53 Å². The van der Waals surface area contributed by atoms with Gasteiger partial charge in [-0.1, -0.05) is 19.9 Å². The maximum absolute atomic E-state index is 11.1. The number of primary amides is 1. The van der Waals surface area contributed by atoms with E-state index in [1.54, 1.807) is 24.3 Å². The van der Waals surface area contributed by atoms with E-state index in [1.165, 1.54) is 24.1 Å². The Morgan fingerprint density at radius 1 is 1.12 bits per heavy atom. The topological polar surface area (TPSA) is 55.6 Å². The number of nitrogens with zero attached hydrogens (tertiary/aromatic N) is 1. The van der Waals surface area contributed by atoms with Crippen LogP contribution in [-0.4, -0.2) is 23.9 Å². The smallest absolute Gasteiger partial charge is 0.248 e. The molecule has 2 aromatic carbocycles. The molecular formula is C21H26N2O2. The highest BCUT2D eigenvalue weighted by molar-refractivity contribution is 5.92. The van der Waals surface area contributed by atoms with Crippen molar-refractivity contribution in [2.75, 3.05) is 13.1 Å². The van der Waals surface area contributed by atoms with Crippen molar-refractivity contribution >= 4 is 5.91 Å². The fourth-order valence-corrected chi connectivity index (χ4v) is 3.11. The first-order valence-electron chi connectivity index (χ1n) is 8.93. The van der Waals surface area contributed by atoms with E-state index in [-0.39, 0.29) is 0 Å². The van der Waals surface area contributed by atoms with E-state index in [2.05, 4.69) is 30.9 Å². The van der Waals surface area contributed by atoms with E-state index < -0.39 is 5.91 Å². The van der Waals surface area contributed by atoms with Gasteiger partial charge in [0.25, 0.3) is 0 Å².